The van der Waals surface area contributed by atoms with Crippen molar-refractivity contribution in [1.82, 2.24) is 4.90 Å². The molecule has 128 valence electrons. The molecule has 5 nitrogen and oxygen atoms in total. The summed E-state index contributed by atoms with van der Waals surface area (Å²) in [6, 6.07) is 7.99. The maximum Gasteiger partial charge on any atom is 0.410 e. The van der Waals surface area contributed by atoms with Crippen molar-refractivity contribution in [2.24, 2.45) is 0 Å². The fraction of sp³-hybridized carbons (Fsp3) is 0.611. The van der Waals surface area contributed by atoms with Gasteiger partial charge in [0.2, 0.25) is 0 Å². The average Bonchev–Trinajstić information content (AvgIpc) is 2.52. The van der Waals surface area contributed by atoms with E-state index < -0.39 is 5.60 Å². The Hall–Kier alpha value is -1.91. The number of anilines is 1. The molecule has 1 aliphatic heterocycles. The van der Waals surface area contributed by atoms with E-state index in [4.69, 9.17) is 9.47 Å². The van der Waals surface area contributed by atoms with Crippen LogP contribution in [0.5, 0.6) is 5.75 Å². The summed E-state index contributed by atoms with van der Waals surface area (Å²) in [6.45, 7) is 7.20. The zero-order chi connectivity index (χ0) is 16.9. The van der Waals surface area contributed by atoms with Crippen molar-refractivity contribution in [3.8, 4) is 5.75 Å². The summed E-state index contributed by atoms with van der Waals surface area (Å²) >= 11 is 0. The number of nitrogens with zero attached hydrogens (tertiary/aromatic N) is 1. The molecular weight excluding hydrogens is 292 g/mol. The first-order valence-electron chi connectivity index (χ1n) is 8.26. The third kappa shape index (κ3) is 5.34. The number of nitrogens with one attached hydrogen (secondary N) is 1. The number of ether oxygens (including phenoxy) is 2. The van der Waals surface area contributed by atoms with E-state index in [9.17, 15) is 4.79 Å². The zero-order valence-electron chi connectivity index (χ0n) is 14.6. The highest BCUT2D eigenvalue weighted by Gasteiger charge is 2.30. The van der Waals surface area contributed by atoms with Gasteiger partial charge >= 0.3 is 6.09 Å². The van der Waals surface area contributed by atoms with Crippen molar-refractivity contribution in [2.45, 2.75) is 51.7 Å². The lowest BCUT2D eigenvalue weighted by molar-refractivity contribution is 0.0114. The molecule has 0 bridgehead atoms. The Morgan fingerprint density at radius 3 is 2.57 bits per heavy atom. The highest BCUT2D eigenvalue weighted by atomic mass is 16.6. The maximum atomic E-state index is 12.4. The van der Waals surface area contributed by atoms with Gasteiger partial charge in [0.1, 0.15) is 11.4 Å². The molecule has 1 aromatic carbocycles. The van der Waals surface area contributed by atoms with Crippen LogP contribution in [0, 0.1) is 0 Å². The molecule has 1 N–H and O–H groups in total. The van der Waals surface area contributed by atoms with Crippen LogP contribution in [0.2, 0.25) is 0 Å². The van der Waals surface area contributed by atoms with Crippen molar-refractivity contribution < 1.29 is 14.3 Å². The number of benzene rings is 1. The van der Waals surface area contributed by atoms with E-state index in [1.807, 2.05) is 49.9 Å². The van der Waals surface area contributed by atoms with Crippen LogP contribution in [-0.2, 0) is 4.74 Å². The molecule has 0 saturated carbocycles. The molecule has 1 unspecified atom stereocenters. The zero-order valence-corrected chi connectivity index (χ0v) is 14.6. The first-order chi connectivity index (χ1) is 10.9. The fourth-order valence-corrected chi connectivity index (χ4v) is 2.72. The molecule has 1 heterocycles. The number of carbonyl (C=O) groups excluding carboxylic acids is 1. The van der Waals surface area contributed by atoms with Gasteiger partial charge in [-0.25, -0.2) is 4.79 Å². The maximum absolute atomic E-state index is 12.4. The van der Waals surface area contributed by atoms with E-state index in [-0.39, 0.29) is 12.1 Å². The standard InChI is InChI=1S/C18H28N2O3/c1-18(2,3)23-17(21)20-12-6-5-7-15(20)13-19-14-8-10-16(22-4)11-9-14/h8-11,15,19H,5-7,12-13H2,1-4H3. The van der Waals surface area contributed by atoms with Crippen LogP contribution in [0.3, 0.4) is 0 Å². The Balaban J connectivity index is 1.93. The summed E-state index contributed by atoms with van der Waals surface area (Å²) in [7, 11) is 1.66. The number of piperidine rings is 1. The van der Waals surface area contributed by atoms with Crippen molar-refractivity contribution in [3.05, 3.63) is 24.3 Å². The molecule has 5 heteroatoms. The van der Waals surface area contributed by atoms with Gasteiger partial charge in [-0.15, -0.1) is 0 Å². The molecular formula is C18H28N2O3. The Bertz CT molecular complexity index is 508. The molecule has 0 aliphatic carbocycles. The van der Waals surface area contributed by atoms with Gasteiger partial charge in [-0.2, -0.15) is 0 Å². The lowest BCUT2D eigenvalue weighted by Crippen LogP contribution is -2.48. The summed E-state index contributed by atoms with van der Waals surface area (Å²) in [5, 5.41) is 3.41. The van der Waals surface area contributed by atoms with Gasteiger partial charge in [-0.1, -0.05) is 0 Å². The molecule has 0 aromatic heterocycles. The predicted molar refractivity (Wildman–Crippen MR) is 92.1 cm³/mol. The molecule has 1 aromatic rings. The van der Waals surface area contributed by atoms with Crippen molar-refractivity contribution >= 4 is 11.8 Å². The van der Waals surface area contributed by atoms with Crippen molar-refractivity contribution in [3.63, 3.8) is 0 Å². The number of likely N-dealkylation sites (tertiary alicyclic amines) is 1. The Labute approximate surface area is 139 Å². The molecule has 1 amide bonds. The van der Waals surface area contributed by atoms with E-state index in [0.29, 0.717) is 0 Å². The Kier molecular flexibility index (Phi) is 5.74. The highest BCUT2D eigenvalue weighted by molar-refractivity contribution is 5.68. The summed E-state index contributed by atoms with van der Waals surface area (Å²) < 4.78 is 10.7. The molecule has 2 rings (SSSR count). The minimum atomic E-state index is -0.456. The van der Waals surface area contributed by atoms with Crippen molar-refractivity contribution in [1.29, 1.82) is 0 Å². The Morgan fingerprint density at radius 2 is 1.96 bits per heavy atom. The molecule has 0 radical (unpaired) electrons. The van der Waals surface area contributed by atoms with Gasteiger partial charge in [0.15, 0.2) is 0 Å². The second-order valence-corrected chi connectivity index (χ2v) is 6.93. The third-order valence-corrected chi connectivity index (χ3v) is 3.89. The summed E-state index contributed by atoms with van der Waals surface area (Å²) in [5.74, 6) is 0.837. The van der Waals surface area contributed by atoms with E-state index in [1.54, 1.807) is 7.11 Å². The normalized spacial score (nSPS) is 18.4. The van der Waals surface area contributed by atoms with E-state index >= 15 is 0 Å². The molecule has 0 spiro atoms. The van der Waals surface area contributed by atoms with Crippen LogP contribution in [0.15, 0.2) is 24.3 Å². The number of methoxy groups -OCH3 is 1. The van der Waals surface area contributed by atoms with Crippen LogP contribution < -0.4 is 10.1 Å². The van der Waals surface area contributed by atoms with Crippen LogP contribution in [-0.4, -0.2) is 42.8 Å². The highest BCUT2D eigenvalue weighted by Crippen LogP contribution is 2.22. The van der Waals surface area contributed by atoms with Gasteiger partial charge in [0.25, 0.3) is 0 Å². The minimum Gasteiger partial charge on any atom is -0.497 e. The number of carbonyl (C=O) groups is 1. The largest absolute Gasteiger partial charge is 0.497 e. The quantitative estimate of drug-likeness (QED) is 0.914. The monoisotopic (exact) mass is 320 g/mol. The summed E-state index contributed by atoms with van der Waals surface area (Å²) in [5.41, 5.74) is 0.572. The lowest BCUT2D eigenvalue weighted by atomic mass is 10.0. The molecule has 1 atom stereocenters. The third-order valence-electron chi connectivity index (χ3n) is 3.89. The van der Waals surface area contributed by atoms with Crippen LogP contribution in [0.1, 0.15) is 40.0 Å². The summed E-state index contributed by atoms with van der Waals surface area (Å²) in [6.07, 6.45) is 2.98. The van der Waals surface area contributed by atoms with E-state index in [0.717, 1.165) is 43.8 Å². The van der Waals surface area contributed by atoms with Crippen molar-refractivity contribution in [2.75, 3.05) is 25.5 Å². The lowest BCUT2D eigenvalue weighted by Gasteiger charge is -2.37. The van der Waals surface area contributed by atoms with Gasteiger partial charge in [-0.05, 0) is 64.3 Å². The number of hydrogen-bond acceptors (Lipinski definition) is 4. The smallest absolute Gasteiger partial charge is 0.410 e. The van der Waals surface area contributed by atoms with Gasteiger partial charge < -0.3 is 19.7 Å². The van der Waals surface area contributed by atoms with Gasteiger partial charge in [0.05, 0.1) is 13.2 Å². The second-order valence-electron chi connectivity index (χ2n) is 6.93. The first-order valence-corrected chi connectivity index (χ1v) is 8.26. The number of rotatable bonds is 4. The van der Waals surface area contributed by atoms with Gasteiger partial charge in [-0.3, -0.25) is 0 Å². The predicted octanol–water partition coefficient (Wildman–Crippen LogP) is 3.90. The average molecular weight is 320 g/mol. The van der Waals surface area contributed by atoms with E-state index in [1.165, 1.54) is 0 Å². The second kappa shape index (κ2) is 7.57. The van der Waals surface area contributed by atoms with Crippen LogP contribution >= 0.6 is 0 Å². The minimum absolute atomic E-state index is 0.167. The van der Waals surface area contributed by atoms with Crippen LogP contribution in [0.4, 0.5) is 10.5 Å². The molecule has 1 saturated heterocycles. The first kappa shape index (κ1) is 17.4. The molecule has 1 aliphatic rings. The van der Waals surface area contributed by atoms with Crippen LogP contribution in [0.25, 0.3) is 0 Å². The Morgan fingerprint density at radius 1 is 1.26 bits per heavy atom. The number of hydrogen-bond donors (Lipinski definition) is 1. The molecule has 1 fully saturated rings. The fourth-order valence-electron chi connectivity index (χ4n) is 2.72. The van der Waals surface area contributed by atoms with Gasteiger partial charge in [0, 0.05) is 18.8 Å². The van der Waals surface area contributed by atoms with E-state index in [2.05, 4.69) is 5.32 Å². The SMILES string of the molecule is COc1ccc(NCC2CCCCN2C(=O)OC(C)(C)C)cc1. The molecule has 23 heavy (non-hydrogen) atoms. The topological polar surface area (TPSA) is 50.8 Å². The summed E-state index contributed by atoms with van der Waals surface area (Å²) in [4.78, 5) is 14.2. The number of amides is 1.